The van der Waals surface area contributed by atoms with Gasteiger partial charge in [0.15, 0.2) is 6.61 Å². The molecular formula is C22H25N3O6S. The summed E-state index contributed by atoms with van der Waals surface area (Å²) in [4.78, 5) is 24.2. The van der Waals surface area contributed by atoms with E-state index in [0.717, 1.165) is 19.3 Å². The first kappa shape index (κ1) is 22.1. The molecule has 32 heavy (non-hydrogen) atoms. The van der Waals surface area contributed by atoms with Crippen molar-refractivity contribution >= 4 is 33.2 Å². The molecule has 0 spiro atoms. The van der Waals surface area contributed by atoms with Crippen LogP contribution in [0.2, 0.25) is 0 Å². The van der Waals surface area contributed by atoms with Crippen molar-refractivity contribution in [2.75, 3.05) is 36.9 Å². The standard InChI is InChI=1S/C22H25N3O6S/c1-2-30-18-9-7-16(13-20(18)32(28,29)25-10-4-3-5-11-25)23-22(27)15-6-8-17-19(12-15)31-14-21(26)24-17/h6-9,12-13H,2-5,10-11,14H2,1H3,(H,23,27)(H,24,26). The van der Waals surface area contributed by atoms with Gasteiger partial charge in [-0.15, -0.1) is 0 Å². The summed E-state index contributed by atoms with van der Waals surface area (Å²) in [6.07, 6.45) is 2.65. The Hall–Kier alpha value is -3.11. The lowest BCUT2D eigenvalue weighted by molar-refractivity contribution is -0.118. The number of hydrogen-bond donors (Lipinski definition) is 2. The van der Waals surface area contributed by atoms with E-state index in [1.807, 2.05) is 0 Å². The minimum absolute atomic E-state index is 0.0375. The van der Waals surface area contributed by atoms with Crippen molar-refractivity contribution in [2.45, 2.75) is 31.1 Å². The van der Waals surface area contributed by atoms with Gasteiger partial charge in [-0.05, 0) is 56.2 Å². The maximum atomic E-state index is 13.3. The summed E-state index contributed by atoms with van der Waals surface area (Å²) in [6, 6.07) is 9.27. The molecule has 0 aromatic heterocycles. The Morgan fingerprint density at radius 2 is 1.94 bits per heavy atom. The van der Waals surface area contributed by atoms with Crippen LogP contribution in [0.15, 0.2) is 41.3 Å². The van der Waals surface area contributed by atoms with E-state index in [4.69, 9.17) is 9.47 Å². The van der Waals surface area contributed by atoms with Crippen molar-refractivity contribution in [3.8, 4) is 11.5 Å². The number of sulfonamides is 1. The average molecular weight is 460 g/mol. The van der Waals surface area contributed by atoms with Crippen LogP contribution in [-0.4, -0.2) is 50.8 Å². The molecule has 2 aromatic carbocycles. The zero-order valence-corrected chi connectivity index (χ0v) is 18.5. The molecule has 0 atom stereocenters. The highest BCUT2D eigenvalue weighted by atomic mass is 32.2. The molecule has 170 valence electrons. The number of benzene rings is 2. The Bertz CT molecular complexity index is 1140. The van der Waals surface area contributed by atoms with Crippen molar-refractivity contribution < 1.29 is 27.5 Å². The number of amides is 2. The quantitative estimate of drug-likeness (QED) is 0.687. The lowest BCUT2D eigenvalue weighted by Crippen LogP contribution is -2.35. The van der Waals surface area contributed by atoms with Crippen LogP contribution < -0.4 is 20.1 Å². The third-order valence-corrected chi connectivity index (χ3v) is 7.23. The fourth-order valence-corrected chi connectivity index (χ4v) is 5.40. The van der Waals surface area contributed by atoms with Gasteiger partial charge in [-0.3, -0.25) is 9.59 Å². The van der Waals surface area contributed by atoms with Gasteiger partial charge < -0.3 is 20.1 Å². The third kappa shape index (κ3) is 4.56. The zero-order chi connectivity index (χ0) is 22.7. The molecule has 2 heterocycles. The van der Waals surface area contributed by atoms with Crippen molar-refractivity contribution in [3.05, 3.63) is 42.0 Å². The zero-order valence-electron chi connectivity index (χ0n) is 17.7. The maximum absolute atomic E-state index is 13.3. The van der Waals surface area contributed by atoms with E-state index in [1.165, 1.54) is 16.4 Å². The number of carbonyl (C=O) groups is 2. The second kappa shape index (κ2) is 9.17. The lowest BCUT2D eigenvalue weighted by Gasteiger charge is -2.27. The molecule has 0 bridgehead atoms. The lowest BCUT2D eigenvalue weighted by atomic mass is 10.1. The van der Waals surface area contributed by atoms with Gasteiger partial charge in [0.2, 0.25) is 10.0 Å². The van der Waals surface area contributed by atoms with Crippen molar-refractivity contribution in [3.63, 3.8) is 0 Å². The molecule has 1 fully saturated rings. The Kier molecular flexibility index (Phi) is 6.33. The van der Waals surface area contributed by atoms with E-state index in [2.05, 4.69) is 10.6 Å². The van der Waals surface area contributed by atoms with Crippen LogP contribution >= 0.6 is 0 Å². The summed E-state index contributed by atoms with van der Waals surface area (Å²) in [5, 5.41) is 5.41. The Morgan fingerprint density at radius 1 is 1.16 bits per heavy atom. The molecule has 9 nitrogen and oxygen atoms in total. The first-order chi connectivity index (χ1) is 15.4. The molecule has 2 amide bonds. The first-order valence-electron chi connectivity index (χ1n) is 10.5. The van der Waals surface area contributed by atoms with Crippen molar-refractivity contribution in [1.82, 2.24) is 4.31 Å². The largest absolute Gasteiger partial charge is 0.492 e. The van der Waals surface area contributed by atoms with E-state index in [1.54, 1.807) is 31.2 Å². The van der Waals surface area contributed by atoms with Gasteiger partial charge in [0.25, 0.3) is 11.8 Å². The van der Waals surface area contributed by atoms with Gasteiger partial charge in [0, 0.05) is 24.3 Å². The smallest absolute Gasteiger partial charge is 0.262 e. The van der Waals surface area contributed by atoms with Crippen LogP contribution in [0.25, 0.3) is 0 Å². The van der Waals surface area contributed by atoms with Crippen LogP contribution in [0.3, 0.4) is 0 Å². The molecule has 2 aliphatic heterocycles. The predicted molar refractivity (Wildman–Crippen MR) is 119 cm³/mol. The highest BCUT2D eigenvalue weighted by molar-refractivity contribution is 7.89. The van der Waals surface area contributed by atoms with E-state index < -0.39 is 15.9 Å². The summed E-state index contributed by atoms with van der Waals surface area (Å²) in [5.74, 6) is -0.0309. The molecular weight excluding hydrogens is 434 g/mol. The number of nitrogens with zero attached hydrogens (tertiary/aromatic N) is 1. The Morgan fingerprint density at radius 3 is 2.69 bits per heavy atom. The summed E-state index contributed by atoms with van der Waals surface area (Å²) in [5.41, 5.74) is 1.14. The van der Waals surface area contributed by atoms with Gasteiger partial charge in [-0.1, -0.05) is 6.42 Å². The van der Waals surface area contributed by atoms with Crippen LogP contribution in [-0.2, 0) is 14.8 Å². The van der Waals surface area contributed by atoms with E-state index >= 15 is 0 Å². The summed E-state index contributed by atoms with van der Waals surface area (Å²) in [7, 11) is -3.76. The van der Waals surface area contributed by atoms with E-state index in [-0.39, 0.29) is 23.2 Å². The third-order valence-electron chi connectivity index (χ3n) is 5.31. The molecule has 0 saturated carbocycles. The maximum Gasteiger partial charge on any atom is 0.262 e. The number of nitrogens with one attached hydrogen (secondary N) is 2. The van der Waals surface area contributed by atoms with Gasteiger partial charge >= 0.3 is 0 Å². The molecule has 4 rings (SSSR count). The van der Waals surface area contributed by atoms with E-state index in [9.17, 15) is 18.0 Å². The highest BCUT2D eigenvalue weighted by Gasteiger charge is 2.29. The first-order valence-corrected chi connectivity index (χ1v) is 12.0. The fraction of sp³-hybridized carbons (Fsp3) is 0.364. The van der Waals surface area contributed by atoms with Gasteiger partial charge in [-0.25, -0.2) is 8.42 Å². The van der Waals surface area contributed by atoms with Gasteiger partial charge in [0.05, 0.1) is 12.3 Å². The number of carbonyl (C=O) groups excluding carboxylic acids is 2. The number of rotatable bonds is 6. The molecule has 2 aliphatic rings. The van der Waals surface area contributed by atoms with Crippen LogP contribution in [0.4, 0.5) is 11.4 Å². The number of piperidine rings is 1. The minimum Gasteiger partial charge on any atom is -0.492 e. The van der Waals surface area contributed by atoms with Crippen LogP contribution in [0.5, 0.6) is 11.5 Å². The molecule has 1 saturated heterocycles. The van der Waals surface area contributed by atoms with Crippen LogP contribution in [0, 0.1) is 0 Å². The molecule has 0 unspecified atom stereocenters. The molecule has 0 radical (unpaired) electrons. The summed E-state index contributed by atoms with van der Waals surface area (Å²) < 4.78 is 38.9. The monoisotopic (exact) mass is 459 g/mol. The second-order valence-corrected chi connectivity index (χ2v) is 9.47. The summed E-state index contributed by atoms with van der Waals surface area (Å²) >= 11 is 0. The minimum atomic E-state index is -3.76. The highest BCUT2D eigenvalue weighted by Crippen LogP contribution is 2.32. The average Bonchev–Trinajstić information content (AvgIpc) is 2.80. The molecule has 2 aromatic rings. The SMILES string of the molecule is CCOc1ccc(NC(=O)c2ccc3c(c2)OCC(=O)N3)cc1S(=O)(=O)N1CCCCC1. The molecule has 0 aliphatic carbocycles. The van der Waals surface area contributed by atoms with Gasteiger partial charge in [0.1, 0.15) is 16.4 Å². The number of ether oxygens (including phenoxy) is 2. The van der Waals surface area contributed by atoms with Crippen LogP contribution in [0.1, 0.15) is 36.5 Å². The predicted octanol–water partition coefficient (Wildman–Crippen LogP) is 2.84. The Labute approximate surface area is 186 Å². The Balaban J connectivity index is 1.59. The second-order valence-electron chi connectivity index (χ2n) is 7.56. The number of hydrogen-bond acceptors (Lipinski definition) is 6. The fourth-order valence-electron chi connectivity index (χ4n) is 3.73. The normalized spacial score (nSPS) is 16.5. The van der Waals surface area contributed by atoms with E-state index in [0.29, 0.717) is 42.4 Å². The van der Waals surface area contributed by atoms with Crippen molar-refractivity contribution in [2.24, 2.45) is 0 Å². The topological polar surface area (TPSA) is 114 Å². The number of anilines is 2. The number of fused-ring (bicyclic) bond motifs is 1. The molecule has 2 N–H and O–H groups in total. The van der Waals surface area contributed by atoms with Crippen molar-refractivity contribution in [1.29, 1.82) is 0 Å². The van der Waals surface area contributed by atoms with Gasteiger partial charge in [-0.2, -0.15) is 4.31 Å². The summed E-state index contributed by atoms with van der Waals surface area (Å²) in [6.45, 7) is 2.93. The molecule has 10 heteroatoms.